The summed E-state index contributed by atoms with van der Waals surface area (Å²) < 4.78 is 7.70. The number of thiophene rings is 1. The first-order chi connectivity index (χ1) is 17.2. The highest BCUT2D eigenvalue weighted by Gasteiger charge is 2.33. The van der Waals surface area contributed by atoms with Crippen LogP contribution in [0.3, 0.4) is 0 Å². The molecule has 6 heteroatoms. The van der Waals surface area contributed by atoms with Gasteiger partial charge in [-0.1, -0.05) is 39.0 Å². The molecule has 188 valence electrons. The number of aromatic nitrogens is 1. The highest BCUT2D eigenvalue weighted by Crippen LogP contribution is 2.45. The van der Waals surface area contributed by atoms with Crippen molar-refractivity contribution in [3.05, 3.63) is 76.2 Å². The van der Waals surface area contributed by atoms with Gasteiger partial charge >= 0.3 is 0 Å². The first-order valence-electron chi connectivity index (χ1n) is 12.8. The van der Waals surface area contributed by atoms with Crippen LogP contribution in [-0.4, -0.2) is 16.7 Å². The number of benzene rings is 1. The van der Waals surface area contributed by atoms with E-state index in [9.17, 15) is 4.79 Å². The van der Waals surface area contributed by atoms with Crippen molar-refractivity contribution in [3.63, 3.8) is 0 Å². The minimum Gasteiger partial charge on any atom is -0.467 e. The van der Waals surface area contributed by atoms with E-state index in [-0.39, 0.29) is 11.3 Å². The van der Waals surface area contributed by atoms with E-state index in [4.69, 9.17) is 9.41 Å². The van der Waals surface area contributed by atoms with Gasteiger partial charge < -0.3 is 14.3 Å². The molecule has 3 heterocycles. The van der Waals surface area contributed by atoms with Crippen LogP contribution in [0.15, 0.2) is 58.3 Å². The molecule has 0 unspecified atom stereocenters. The van der Waals surface area contributed by atoms with Gasteiger partial charge in [0.25, 0.3) is 5.91 Å². The van der Waals surface area contributed by atoms with Crippen LogP contribution in [0.1, 0.15) is 79.2 Å². The molecule has 0 saturated heterocycles. The summed E-state index contributed by atoms with van der Waals surface area (Å²) in [5.41, 5.74) is 4.42. The van der Waals surface area contributed by atoms with Crippen molar-refractivity contribution < 1.29 is 9.21 Å². The number of fused-ring (bicyclic) bond motifs is 2. The van der Waals surface area contributed by atoms with Crippen LogP contribution in [0.5, 0.6) is 0 Å². The number of amides is 1. The minimum absolute atomic E-state index is 0.0742. The number of nitrogens with one attached hydrogen (secondary N) is 1. The van der Waals surface area contributed by atoms with E-state index in [0.29, 0.717) is 18.5 Å². The highest BCUT2D eigenvalue weighted by molar-refractivity contribution is 7.16. The lowest BCUT2D eigenvalue weighted by atomic mass is 9.72. The van der Waals surface area contributed by atoms with E-state index in [1.807, 2.05) is 18.3 Å². The second kappa shape index (κ2) is 9.74. The maximum Gasteiger partial charge on any atom is 0.255 e. The maximum atomic E-state index is 13.5. The average Bonchev–Trinajstić information content (AvgIpc) is 3.57. The Balaban J connectivity index is 1.52. The number of carbonyl (C=O) groups is 1. The zero-order chi connectivity index (χ0) is 25.4. The van der Waals surface area contributed by atoms with Crippen LogP contribution < -0.4 is 5.32 Å². The van der Waals surface area contributed by atoms with Crippen molar-refractivity contribution in [1.29, 1.82) is 0 Å². The number of hydrogen-bond donors (Lipinski definition) is 1. The Morgan fingerprint density at radius 1 is 1.25 bits per heavy atom. The van der Waals surface area contributed by atoms with Crippen LogP contribution >= 0.6 is 11.3 Å². The molecular weight excluding hydrogens is 466 g/mol. The molecule has 36 heavy (non-hydrogen) atoms. The lowest BCUT2D eigenvalue weighted by molar-refractivity contribution is 0.0947. The number of carbonyl (C=O) groups excluding carboxylic acids is 1. The maximum absolute atomic E-state index is 13.5. The number of furan rings is 1. The first kappa shape index (κ1) is 24.6. The van der Waals surface area contributed by atoms with Crippen LogP contribution in [-0.2, 0) is 19.4 Å². The molecule has 1 aromatic carbocycles. The number of hydrogen-bond acceptors (Lipinski definition) is 4. The van der Waals surface area contributed by atoms with Crippen molar-refractivity contribution >= 4 is 39.4 Å². The van der Waals surface area contributed by atoms with E-state index >= 15 is 0 Å². The fourth-order valence-electron chi connectivity index (χ4n) is 5.19. The fraction of sp³-hybridized carbons (Fsp3) is 0.400. The molecule has 1 aliphatic rings. The van der Waals surface area contributed by atoms with Gasteiger partial charge in [-0.3, -0.25) is 4.79 Å². The van der Waals surface area contributed by atoms with E-state index < -0.39 is 0 Å². The summed E-state index contributed by atoms with van der Waals surface area (Å²) in [6.07, 6.45) is 8.74. The summed E-state index contributed by atoms with van der Waals surface area (Å²) in [5, 5.41) is 5.04. The number of para-hydroxylation sites is 1. The molecule has 0 fully saturated rings. The second-order valence-corrected chi connectivity index (χ2v) is 12.2. The van der Waals surface area contributed by atoms with Gasteiger partial charge in [0.15, 0.2) is 0 Å². The third kappa shape index (κ3) is 4.79. The molecule has 0 saturated carbocycles. The summed E-state index contributed by atoms with van der Waals surface area (Å²) >= 11 is 1.68. The molecule has 0 aliphatic heterocycles. The van der Waals surface area contributed by atoms with E-state index in [2.05, 4.69) is 75.0 Å². The predicted octanol–water partition coefficient (Wildman–Crippen LogP) is 7.71. The second-order valence-electron chi connectivity index (χ2n) is 11.1. The Morgan fingerprint density at radius 3 is 2.78 bits per heavy atom. The summed E-state index contributed by atoms with van der Waals surface area (Å²) in [4.78, 5) is 19.7. The highest BCUT2D eigenvalue weighted by atomic mass is 32.1. The fourth-order valence-corrected chi connectivity index (χ4v) is 6.46. The lowest BCUT2D eigenvalue weighted by Gasteiger charge is -2.33. The number of rotatable bonds is 6. The number of nitrogens with zero attached hydrogens (tertiary/aromatic N) is 2. The molecule has 3 aromatic heterocycles. The average molecular weight is 502 g/mol. The van der Waals surface area contributed by atoms with E-state index in [1.165, 1.54) is 21.3 Å². The van der Waals surface area contributed by atoms with Crippen LogP contribution in [0.4, 0.5) is 5.00 Å². The van der Waals surface area contributed by atoms with E-state index in [0.717, 1.165) is 41.2 Å². The Hall–Kier alpha value is -3.12. The molecule has 1 N–H and O–H groups in total. The van der Waals surface area contributed by atoms with Crippen LogP contribution in [0.2, 0.25) is 0 Å². The third-order valence-electron chi connectivity index (χ3n) is 7.35. The molecule has 0 radical (unpaired) electrons. The molecule has 1 amide bonds. The van der Waals surface area contributed by atoms with Crippen molar-refractivity contribution in [2.75, 3.05) is 0 Å². The van der Waals surface area contributed by atoms with Gasteiger partial charge in [0.05, 0.1) is 18.4 Å². The minimum atomic E-state index is -0.0742. The number of aliphatic imine (C=N–C) groups is 1. The molecule has 1 aliphatic carbocycles. The molecule has 4 aromatic rings. The molecular formula is C30H35N3O2S. The smallest absolute Gasteiger partial charge is 0.255 e. The van der Waals surface area contributed by atoms with Crippen molar-refractivity contribution in [3.8, 4) is 0 Å². The predicted molar refractivity (Wildman–Crippen MR) is 149 cm³/mol. The van der Waals surface area contributed by atoms with Crippen molar-refractivity contribution in [2.45, 2.75) is 66.5 Å². The Labute approximate surface area is 217 Å². The standard InChI is InChI=1S/C30H35N3O2S/c1-19(2)33-18-20(23-10-6-7-11-25(23)33)16-32-29-27(28(34)31-17-22-9-8-14-35-22)24-13-12-21(30(3,4)5)15-26(24)36-29/h6-11,14,16,18-19,21H,12-13,15,17H2,1-5H3,(H,31,34)/t21-/m0/s1. The molecule has 0 spiro atoms. The zero-order valence-corrected chi connectivity index (χ0v) is 22.6. The summed E-state index contributed by atoms with van der Waals surface area (Å²) in [6.45, 7) is 11.7. The molecule has 5 rings (SSSR count). The SMILES string of the molecule is CC(C)n1cc(C=Nc2sc3c(c2C(=O)NCc2ccco2)CC[C@H](C(C)(C)C)C3)c2ccccc21. The van der Waals surface area contributed by atoms with Crippen LogP contribution in [0, 0.1) is 11.3 Å². The van der Waals surface area contributed by atoms with Gasteiger partial charge in [0.1, 0.15) is 10.8 Å². The van der Waals surface area contributed by atoms with Gasteiger partial charge in [-0.2, -0.15) is 0 Å². The van der Waals surface area contributed by atoms with Crippen molar-refractivity contribution in [2.24, 2.45) is 16.3 Å². The van der Waals surface area contributed by atoms with Gasteiger partial charge in [0, 0.05) is 39.8 Å². The van der Waals surface area contributed by atoms with Gasteiger partial charge in [-0.05, 0) is 68.2 Å². The normalized spacial score (nSPS) is 16.2. The molecule has 5 nitrogen and oxygen atoms in total. The Kier molecular flexibility index (Phi) is 6.64. The van der Waals surface area contributed by atoms with E-state index in [1.54, 1.807) is 17.6 Å². The molecule has 1 atom stereocenters. The first-order valence-corrected chi connectivity index (χ1v) is 13.6. The zero-order valence-electron chi connectivity index (χ0n) is 21.8. The third-order valence-corrected chi connectivity index (χ3v) is 8.51. The summed E-state index contributed by atoms with van der Waals surface area (Å²) in [5.74, 6) is 1.27. The summed E-state index contributed by atoms with van der Waals surface area (Å²) in [6, 6.07) is 12.5. The summed E-state index contributed by atoms with van der Waals surface area (Å²) in [7, 11) is 0. The van der Waals surface area contributed by atoms with Gasteiger partial charge in [0.2, 0.25) is 0 Å². The van der Waals surface area contributed by atoms with Crippen LogP contribution in [0.25, 0.3) is 10.9 Å². The molecule has 0 bridgehead atoms. The lowest BCUT2D eigenvalue weighted by Crippen LogP contribution is -2.28. The van der Waals surface area contributed by atoms with Crippen molar-refractivity contribution in [1.82, 2.24) is 9.88 Å². The quantitative estimate of drug-likeness (QED) is 0.275. The Bertz CT molecular complexity index is 1400. The largest absolute Gasteiger partial charge is 0.467 e. The van der Waals surface area contributed by atoms with Gasteiger partial charge in [-0.25, -0.2) is 4.99 Å². The topological polar surface area (TPSA) is 59.5 Å². The van der Waals surface area contributed by atoms with Gasteiger partial charge in [-0.15, -0.1) is 11.3 Å². The Morgan fingerprint density at radius 2 is 2.06 bits per heavy atom. The monoisotopic (exact) mass is 501 g/mol.